The lowest BCUT2D eigenvalue weighted by Gasteiger charge is -2.42. The van der Waals surface area contributed by atoms with E-state index in [0.29, 0.717) is 18.7 Å². The number of carbonyl (C=O) groups excluding carboxylic acids is 2. The van der Waals surface area contributed by atoms with Crippen LogP contribution in [0, 0.1) is 0 Å². The van der Waals surface area contributed by atoms with Gasteiger partial charge in [-0.15, -0.1) is 0 Å². The molecule has 166 valence electrons. The first-order valence-electron chi connectivity index (χ1n) is 11.0. The van der Waals surface area contributed by atoms with Crippen molar-refractivity contribution in [1.29, 1.82) is 0 Å². The van der Waals surface area contributed by atoms with Gasteiger partial charge in [0.1, 0.15) is 6.61 Å². The maximum absolute atomic E-state index is 12.6. The average Bonchev–Trinajstić information content (AvgIpc) is 3.31. The van der Waals surface area contributed by atoms with Crippen molar-refractivity contribution in [2.24, 2.45) is 0 Å². The first-order chi connectivity index (χ1) is 15.5. The lowest BCUT2D eigenvalue weighted by Crippen LogP contribution is -2.51. The topological polar surface area (TPSA) is 63.6 Å². The van der Waals surface area contributed by atoms with Gasteiger partial charge >= 0.3 is 6.09 Å². The summed E-state index contributed by atoms with van der Waals surface area (Å²) in [6.45, 7) is 5.04. The van der Waals surface area contributed by atoms with Gasteiger partial charge in [-0.1, -0.05) is 30.3 Å². The van der Waals surface area contributed by atoms with E-state index >= 15 is 0 Å². The maximum atomic E-state index is 12.6. The molecule has 4 rings (SSSR count). The lowest BCUT2D eigenvalue weighted by atomic mass is 9.84. The summed E-state index contributed by atoms with van der Waals surface area (Å²) >= 11 is 0. The van der Waals surface area contributed by atoms with Gasteiger partial charge in [0, 0.05) is 36.3 Å². The van der Waals surface area contributed by atoms with Crippen molar-refractivity contribution in [3.63, 3.8) is 0 Å². The minimum atomic E-state index is -0.343. The lowest BCUT2D eigenvalue weighted by molar-refractivity contribution is -0.113. The van der Waals surface area contributed by atoms with Crippen molar-refractivity contribution < 1.29 is 14.3 Å². The van der Waals surface area contributed by atoms with Gasteiger partial charge in [-0.2, -0.15) is 0 Å². The van der Waals surface area contributed by atoms with Crippen LogP contribution in [0.25, 0.3) is 5.70 Å². The van der Waals surface area contributed by atoms with Crippen molar-refractivity contribution in [3.05, 3.63) is 89.9 Å². The molecule has 0 atom stereocenters. The molecular formula is C26H29N3O3. The van der Waals surface area contributed by atoms with Crippen molar-refractivity contribution in [2.45, 2.75) is 38.8 Å². The molecule has 1 spiro atoms. The molecule has 1 fully saturated rings. The van der Waals surface area contributed by atoms with Crippen LogP contribution in [0.4, 0.5) is 4.79 Å². The number of piperidine rings is 1. The van der Waals surface area contributed by atoms with Crippen LogP contribution in [0.3, 0.4) is 0 Å². The summed E-state index contributed by atoms with van der Waals surface area (Å²) in [5.74, 6) is 0.0189. The number of allylic oxidation sites excluding steroid dienone is 5. The van der Waals surface area contributed by atoms with Gasteiger partial charge in [-0.05, 0) is 68.8 Å². The van der Waals surface area contributed by atoms with Crippen LogP contribution in [0.1, 0.15) is 37.9 Å². The van der Waals surface area contributed by atoms with Gasteiger partial charge in [0.25, 0.3) is 0 Å². The normalized spacial score (nSPS) is 21.9. The van der Waals surface area contributed by atoms with E-state index in [1.165, 1.54) is 0 Å². The molecule has 2 aliphatic rings. The van der Waals surface area contributed by atoms with Gasteiger partial charge in [-0.25, -0.2) is 4.79 Å². The van der Waals surface area contributed by atoms with E-state index in [9.17, 15) is 9.59 Å². The van der Waals surface area contributed by atoms with Crippen LogP contribution in [0.15, 0.2) is 78.7 Å². The molecule has 3 heterocycles. The molecule has 0 unspecified atom stereocenters. The number of nitrogens with zero attached hydrogens (tertiary/aromatic N) is 2. The largest absolute Gasteiger partial charge is 0.445 e. The number of carbonyl (C=O) groups is 2. The summed E-state index contributed by atoms with van der Waals surface area (Å²) in [6.07, 6.45) is 10.7. The third-order valence-electron chi connectivity index (χ3n) is 6.23. The molecule has 1 amide bonds. The average molecular weight is 432 g/mol. The first-order valence-corrected chi connectivity index (χ1v) is 11.0. The number of likely N-dealkylation sites (tertiary alicyclic amines) is 1. The fraction of sp³-hybridized carbons (Fsp3) is 0.308. The minimum absolute atomic E-state index is 0.0189. The number of fused-ring (bicyclic) bond motifs is 2. The molecule has 6 heteroatoms. The number of rotatable bonds is 3. The van der Waals surface area contributed by atoms with Crippen LogP contribution >= 0.6 is 0 Å². The number of hydrogen-bond acceptors (Lipinski definition) is 4. The highest BCUT2D eigenvalue weighted by atomic mass is 16.6. The predicted octanol–water partition coefficient (Wildman–Crippen LogP) is 4.61. The van der Waals surface area contributed by atoms with Crippen LogP contribution in [0.2, 0.25) is 0 Å². The number of amides is 1. The van der Waals surface area contributed by atoms with E-state index in [1.54, 1.807) is 11.8 Å². The third-order valence-corrected chi connectivity index (χ3v) is 6.23. The summed E-state index contributed by atoms with van der Waals surface area (Å²) in [4.78, 5) is 26.4. The van der Waals surface area contributed by atoms with E-state index in [0.717, 1.165) is 29.8 Å². The summed E-state index contributed by atoms with van der Waals surface area (Å²) in [6, 6.07) is 13.9. The Morgan fingerprint density at radius 1 is 1.06 bits per heavy atom. The zero-order valence-corrected chi connectivity index (χ0v) is 18.6. The van der Waals surface area contributed by atoms with Crippen LogP contribution < -0.4 is 5.32 Å². The monoisotopic (exact) mass is 431 g/mol. The van der Waals surface area contributed by atoms with Crippen LogP contribution in [-0.4, -0.2) is 34.4 Å². The molecular weight excluding hydrogens is 402 g/mol. The molecule has 0 radical (unpaired) electrons. The molecule has 0 bridgehead atoms. The predicted molar refractivity (Wildman–Crippen MR) is 125 cm³/mol. The van der Waals surface area contributed by atoms with Gasteiger partial charge in [0.2, 0.25) is 0 Å². The van der Waals surface area contributed by atoms with Crippen LogP contribution in [-0.2, 0) is 21.7 Å². The molecule has 32 heavy (non-hydrogen) atoms. The zero-order chi connectivity index (χ0) is 22.6. The zero-order valence-electron chi connectivity index (χ0n) is 18.6. The molecule has 1 aromatic heterocycles. The molecule has 0 aliphatic carbocycles. The Morgan fingerprint density at radius 3 is 2.53 bits per heavy atom. The van der Waals surface area contributed by atoms with Gasteiger partial charge in [-0.3, -0.25) is 4.79 Å². The van der Waals surface area contributed by atoms with E-state index in [4.69, 9.17) is 4.74 Å². The Balaban J connectivity index is 1.51. The Labute approximate surface area is 188 Å². The summed E-state index contributed by atoms with van der Waals surface area (Å²) in [5, 5.41) is 3.57. The van der Waals surface area contributed by atoms with Crippen molar-refractivity contribution in [3.8, 4) is 0 Å². The molecule has 1 aromatic carbocycles. The third kappa shape index (κ3) is 4.54. The SMILES string of the molecule is CC(=O)C1=C/C=C(\C)n2cccc2C2(CCN(C(=O)OCc3ccccc3)CC2)N\C=C\1. The molecule has 0 saturated carbocycles. The van der Waals surface area contributed by atoms with E-state index in [1.807, 2.05) is 73.9 Å². The second-order valence-corrected chi connectivity index (χ2v) is 8.34. The second-order valence-electron chi connectivity index (χ2n) is 8.34. The van der Waals surface area contributed by atoms with Gasteiger partial charge < -0.3 is 19.5 Å². The number of ketones is 1. The maximum Gasteiger partial charge on any atom is 0.410 e. The Morgan fingerprint density at radius 2 is 1.81 bits per heavy atom. The fourth-order valence-corrected chi connectivity index (χ4v) is 4.31. The fourth-order valence-electron chi connectivity index (χ4n) is 4.31. The van der Waals surface area contributed by atoms with E-state index in [-0.39, 0.29) is 24.0 Å². The molecule has 6 nitrogen and oxygen atoms in total. The number of nitrogens with one attached hydrogen (secondary N) is 1. The standard InChI is InChI=1S/C26H29N3O3/c1-20-10-11-23(21(2)30)12-15-27-26(24-9-6-16-29(20)24)13-17-28(18-14-26)25(31)32-19-22-7-4-3-5-8-22/h3-12,15-16,27H,13-14,17-19H2,1-2H3/b15-12+,20-10+,23-11+. The smallest absolute Gasteiger partial charge is 0.410 e. The molecule has 2 aromatic rings. The number of benzene rings is 1. The molecule has 2 aliphatic heterocycles. The van der Waals surface area contributed by atoms with Crippen LogP contribution in [0.5, 0.6) is 0 Å². The quantitative estimate of drug-likeness (QED) is 0.771. The van der Waals surface area contributed by atoms with Crippen molar-refractivity contribution in [2.75, 3.05) is 13.1 Å². The van der Waals surface area contributed by atoms with E-state index in [2.05, 4.69) is 16.0 Å². The minimum Gasteiger partial charge on any atom is -0.445 e. The molecule has 1 N–H and O–H groups in total. The highest BCUT2D eigenvalue weighted by molar-refractivity contribution is 5.96. The Bertz CT molecular complexity index is 1070. The number of aromatic nitrogens is 1. The second kappa shape index (κ2) is 9.30. The number of hydrogen-bond donors (Lipinski definition) is 1. The van der Waals surface area contributed by atoms with Crippen molar-refractivity contribution in [1.82, 2.24) is 14.8 Å². The van der Waals surface area contributed by atoms with Crippen molar-refractivity contribution >= 4 is 17.6 Å². The van der Waals surface area contributed by atoms with Gasteiger partial charge in [0.15, 0.2) is 5.78 Å². The summed E-state index contributed by atoms with van der Waals surface area (Å²) in [5.41, 5.74) is 3.45. The highest BCUT2D eigenvalue weighted by Crippen LogP contribution is 2.35. The number of ether oxygens (including phenoxy) is 1. The first kappa shape index (κ1) is 21.7. The Kier molecular flexibility index (Phi) is 6.30. The summed E-state index contributed by atoms with van der Waals surface area (Å²) in [7, 11) is 0. The molecule has 1 saturated heterocycles. The number of Topliss-reactive ketones (excluding diaryl/α,β-unsaturated/α-hetero) is 1. The van der Waals surface area contributed by atoms with Gasteiger partial charge in [0.05, 0.1) is 5.54 Å². The highest BCUT2D eigenvalue weighted by Gasteiger charge is 2.39. The summed E-state index contributed by atoms with van der Waals surface area (Å²) < 4.78 is 7.69. The van der Waals surface area contributed by atoms with E-state index < -0.39 is 0 Å². The Hall–Kier alpha value is -3.54.